The maximum Gasteiger partial charge on any atom is 0.332 e. The molecule has 0 bridgehead atoms. The molecule has 1 atom stereocenters. The van der Waals surface area contributed by atoms with Gasteiger partial charge < -0.3 is 9.64 Å². The Hall–Kier alpha value is -2.52. The van der Waals surface area contributed by atoms with Crippen LogP contribution in [-0.4, -0.2) is 38.5 Å². The Labute approximate surface area is 170 Å². The zero-order valence-corrected chi connectivity index (χ0v) is 16.6. The molecule has 2 aromatic rings. The smallest absolute Gasteiger partial charge is 0.332 e. The van der Waals surface area contributed by atoms with Gasteiger partial charge in [0.05, 0.1) is 12.0 Å². The number of benzene rings is 2. The van der Waals surface area contributed by atoms with Crippen LogP contribution in [0.25, 0.3) is 0 Å². The Balaban J connectivity index is 1.93. The Kier molecular flexibility index (Phi) is 5.95. The molecule has 0 radical (unpaired) electrons. The molecule has 1 aliphatic heterocycles. The number of methoxy groups -OCH3 is 1. The van der Waals surface area contributed by atoms with Crippen LogP contribution in [0.4, 0.5) is 10.1 Å². The molecule has 0 aliphatic carbocycles. The summed E-state index contributed by atoms with van der Waals surface area (Å²) in [6.45, 7) is 0.328. The molecule has 2 aromatic carbocycles. The lowest BCUT2D eigenvalue weighted by molar-refractivity contribution is -0.384. The van der Waals surface area contributed by atoms with Crippen LogP contribution >= 0.6 is 24.0 Å². The van der Waals surface area contributed by atoms with Gasteiger partial charge in [-0.1, -0.05) is 48.2 Å². The van der Waals surface area contributed by atoms with Crippen LogP contribution in [0.15, 0.2) is 48.5 Å². The molecule has 0 spiro atoms. The van der Waals surface area contributed by atoms with Crippen molar-refractivity contribution in [3.63, 3.8) is 0 Å². The van der Waals surface area contributed by atoms with Gasteiger partial charge in [-0.2, -0.15) is 0 Å². The molecule has 0 amide bonds. The number of halogens is 1. The van der Waals surface area contributed by atoms with Crippen LogP contribution in [0.3, 0.4) is 0 Å². The van der Waals surface area contributed by atoms with Gasteiger partial charge in [0.15, 0.2) is 5.54 Å². The minimum absolute atomic E-state index is 0.0182. The topological polar surface area (TPSA) is 72.7 Å². The van der Waals surface area contributed by atoms with E-state index in [1.807, 2.05) is 0 Å². The molecule has 28 heavy (non-hydrogen) atoms. The highest BCUT2D eigenvalue weighted by Gasteiger charge is 2.51. The summed E-state index contributed by atoms with van der Waals surface area (Å²) >= 11 is 6.85. The molecule has 0 N–H and O–H groups in total. The van der Waals surface area contributed by atoms with E-state index in [0.717, 1.165) is 11.1 Å². The fraction of sp³-hybridized carbons (Fsp3) is 0.263. The molecule has 1 unspecified atom stereocenters. The van der Waals surface area contributed by atoms with Crippen molar-refractivity contribution in [1.82, 2.24) is 4.90 Å². The van der Waals surface area contributed by atoms with E-state index < -0.39 is 16.4 Å². The lowest BCUT2D eigenvalue weighted by atomic mass is 9.90. The highest BCUT2D eigenvalue weighted by atomic mass is 32.2. The monoisotopic (exact) mass is 420 g/mol. The van der Waals surface area contributed by atoms with Crippen LogP contribution in [0.1, 0.15) is 11.1 Å². The van der Waals surface area contributed by atoms with Crippen molar-refractivity contribution in [1.29, 1.82) is 0 Å². The summed E-state index contributed by atoms with van der Waals surface area (Å²) in [5, 5.41) is 10.9. The largest absolute Gasteiger partial charge is 0.467 e. The van der Waals surface area contributed by atoms with Crippen LogP contribution in [0.5, 0.6) is 0 Å². The number of thiocarbonyl (C=S) groups is 1. The van der Waals surface area contributed by atoms with Gasteiger partial charge in [0.1, 0.15) is 10.1 Å². The van der Waals surface area contributed by atoms with E-state index in [1.54, 1.807) is 29.2 Å². The highest BCUT2D eigenvalue weighted by molar-refractivity contribution is 8.23. The normalized spacial score (nSPS) is 18.9. The molecule has 6 nitrogen and oxygen atoms in total. The third kappa shape index (κ3) is 4.00. The second kappa shape index (κ2) is 8.24. The first-order valence-electron chi connectivity index (χ1n) is 8.36. The number of ether oxygens (including phenoxy) is 1. The molecule has 3 rings (SSSR count). The van der Waals surface area contributed by atoms with Crippen molar-refractivity contribution in [2.45, 2.75) is 18.5 Å². The Morgan fingerprint density at radius 1 is 1.25 bits per heavy atom. The van der Waals surface area contributed by atoms with Crippen molar-refractivity contribution in [3.8, 4) is 0 Å². The molecule has 0 aromatic heterocycles. The molecule has 1 aliphatic rings. The Bertz CT molecular complexity index is 905. The van der Waals surface area contributed by atoms with Crippen LogP contribution in [-0.2, 0) is 22.5 Å². The molecular formula is C19H17FN2O4S2. The number of nitro benzene ring substituents is 1. The number of hydrogen-bond donors (Lipinski definition) is 0. The van der Waals surface area contributed by atoms with Crippen molar-refractivity contribution in [2.24, 2.45) is 0 Å². The molecule has 146 valence electrons. The lowest BCUT2D eigenvalue weighted by Gasteiger charge is -2.36. The summed E-state index contributed by atoms with van der Waals surface area (Å²) in [6.07, 6.45) is 0.284. The highest BCUT2D eigenvalue weighted by Crippen LogP contribution is 2.38. The lowest BCUT2D eigenvalue weighted by Crippen LogP contribution is -2.55. The summed E-state index contributed by atoms with van der Waals surface area (Å²) in [5.74, 6) is -0.371. The molecule has 1 heterocycles. The van der Waals surface area contributed by atoms with Crippen molar-refractivity contribution in [3.05, 3.63) is 75.6 Å². The first-order valence-corrected chi connectivity index (χ1v) is 9.76. The average molecular weight is 420 g/mol. The zero-order chi connectivity index (χ0) is 20.3. The Morgan fingerprint density at radius 3 is 2.43 bits per heavy atom. The quantitative estimate of drug-likeness (QED) is 0.305. The summed E-state index contributed by atoms with van der Waals surface area (Å²) in [7, 11) is 1.32. The standard InChI is InChI=1S/C19H17FN2O4S2/c1-26-17(23)19(10-13-4-8-16(9-5-13)22(24)25)12-28-18(27)21(19)11-14-2-6-15(20)7-3-14/h2-9H,10-12H2,1H3. The van der Waals surface area contributed by atoms with E-state index in [4.69, 9.17) is 17.0 Å². The molecule has 1 saturated heterocycles. The van der Waals surface area contributed by atoms with Gasteiger partial charge in [0.2, 0.25) is 0 Å². The van der Waals surface area contributed by atoms with Gasteiger partial charge in [0, 0.05) is 30.9 Å². The number of hydrogen-bond acceptors (Lipinski definition) is 6. The second-order valence-electron chi connectivity index (χ2n) is 6.39. The van der Waals surface area contributed by atoms with Crippen LogP contribution < -0.4 is 0 Å². The summed E-state index contributed by atoms with van der Waals surface area (Å²) < 4.78 is 18.9. The van der Waals surface area contributed by atoms with E-state index in [9.17, 15) is 19.3 Å². The number of nitrogens with zero attached hydrogens (tertiary/aromatic N) is 2. The van der Waals surface area contributed by atoms with Gasteiger partial charge in [-0.25, -0.2) is 9.18 Å². The van der Waals surface area contributed by atoms with E-state index >= 15 is 0 Å². The number of carbonyl (C=O) groups excluding carboxylic acids is 1. The van der Waals surface area contributed by atoms with Gasteiger partial charge >= 0.3 is 5.97 Å². The average Bonchev–Trinajstić information content (AvgIpc) is 3.00. The molecule has 9 heteroatoms. The summed E-state index contributed by atoms with van der Waals surface area (Å²) in [5.41, 5.74) is 0.505. The predicted octanol–water partition coefficient (Wildman–Crippen LogP) is 3.72. The second-order valence-corrected chi connectivity index (χ2v) is 8.00. The zero-order valence-electron chi connectivity index (χ0n) is 15.0. The molecule has 0 saturated carbocycles. The van der Waals surface area contributed by atoms with E-state index in [-0.39, 0.29) is 17.9 Å². The summed E-state index contributed by atoms with van der Waals surface area (Å²) in [6, 6.07) is 12.1. The van der Waals surface area contributed by atoms with Gasteiger partial charge in [-0.3, -0.25) is 10.1 Å². The van der Waals surface area contributed by atoms with Gasteiger partial charge in [-0.15, -0.1) is 0 Å². The fourth-order valence-corrected chi connectivity index (χ4v) is 4.70. The number of nitro groups is 1. The van der Waals surface area contributed by atoms with Crippen molar-refractivity contribution >= 4 is 40.0 Å². The number of non-ortho nitro benzene ring substituents is 1. The number of rotatable bonds is 6. The predicted molar refractivity (Wildman–Crippen MR) is 109 cm³/mol. The SMILES string of the molecule is COC(=O)C1(Cc2ccc([N+](=O)[O-])cc2)CSC(=S)N1Cc1ccc(F)cc1. The Morgan fingerprint density at radius 2 is 1.86 bits per heavy atom. The number of carbonyl (C=O) groups is 1. The molecular weight excluding hydrogens is 403 g/mol. The fourth-order valence-electron chi connectivity index (χ4n) is 3.15. The van der Waals surface area contributed by atoms with E-state index in [1.165, 1.54) is 43.1 Å². The van der Waals surface area contributed by atoms with Crippen molar-refractivity contribution < 1.29 is 18.8 Å². The third-order valence-electron chi connectivity index (χ3n) is 4.63. The van der Waals surface area contributed by atoms with E-state index in [2.05, 4.69) is 0 Å². The summed E-state index contributed by atoms with van der Waals surface area (Å²) in [4.78, 5) is 25.0. The minimum Gasteiger partial charge on any atom is -0.467 e. The van der Waals surface area contributed by atoms with Crippen LogP contribution in [0.2, 0.25) is 0 Å². The number of thioether (sulfide) groups is 1. The van der Waals surface area contributed by atoms with Gasteiger partial charge in [0.25, 0.3) is 5.69 Å². The van der Waals surface area contributed by atoms with E-state index in [0.29, 0.717) is 16.6 Å². The molecule has 1 fully saturated rings. The maximum atomic E-state index is 13.2. The van der Waals surface area contributed by atoms with Gasteiger partial charge in [-0.05, 0) is 23.3 Å². The number of esters is 1. The first-order chi connectivity index (χ1) is 13.4. The van der Waals surface area contributed by atoms with Crippen molar-refractivity contribution in [2.75, 3.05) is 12.9 Å². The minimum atomic E-state index is -1.04. The first kappa shape index (κ1) is 20.2. The maximum absolute atomic E-state index is 13.2. The van der Waals surface area contributed by atoms with Crippen LogP contribution in [0, 0.1) is 15.9 Å². The third-order valence-corrected chi connectivity index (χ3v) is 6.30.